The average Bonchev–Trinajstić information content (AvgIpc) is 2.55. The summed E-state index contributed by atoms with van der Waals surface area (Å²) in [4.78, 5) is 10.5. The first-order valence-corrected chi connectivity index (χ1v) is 7.15. The Bertz CT molecular complexity index is 781. The van der Waals surface area contributed by atoms with Gasteiger partial charge >= 0.3 is 0 Å². The third-order valence-electron chi connectivity index (χ3n) is 3.36. The fourth-order valence-corrected chi connectivity index (χ4v) is 2.18. The van der Waals surface area contributed by atoms with Gasteiger partial charge in [-0.15, -0.1) is 0 Å². The van der Waals surface area contributed by atoms with E-state index in [1.807, 2.05) is 24.3 Å². The van der Waals surface area contributed by atoms with Gasteiger partial charge in [0.15, 0.2) is 0 Å². The molecule has 0 saturated heterocycles. The van der Waals surface area contributed by atoms with Crippen molar-refractivity contribution in [3.05, 3.63) is 83.4 Å². The summed E-state index contributed by atoms with van der Waals surface area (Å²) in [6, 6.07) is 21.0. The maximum atomic E-state index is 10.5. The lowest BCUT2D eigenvalue weighted by Crippen LogP contribution is -2.47. The third kappa shape index (κ3) is 4.17. The molecule has 0 amide bonds. The number of carbonyl (C=O) groups excluding carboxylic acids is 1. The van der Waals surface area contributed by atoms with Gasteiger partial charge in [-0.2, -0.15) is 0 Å². The van der Waals surface area contributed by atoms with E-state index in [0.717, 1.165) is 17.3 Å². The topological polar surface area (TPSA) is 67.8 Å². The molecule has 112 valence electrons. The van der Waals surface area contributed by atoms with Crippen LogP contribution < -0.4 is 10.8 Å². The Labute approximate surface area is 130 Å². The molecule has 3 aromatic carbocycles. The predicted octanol–water partition coefficient (Wildman–Crippen LogP) is 1.94. The lowest BCUT2D eigenvalue weighted by Gasteiger charge is -2.03. The number of fused-ring (bicyclic) bond motifs is 1. The molecule has 0 unspecified atom stereocenters. The molecular weight excluding hydrogens is 274 g/mol. The van der Waals surface area contributed by atoms with Crippen molar-refractivity contribution >= 4 is 16.7 Å². The van der Waals surface area contributed by atoms with Gasteiger partial charge in [0.05, 0.1) is 12.5 Å². The standard InChI is InChI=1S/C11H8O2.C8H11N/c12-11(13)10-6-5-8-3-1-2-4-9(8)7-10;1-7-3-2-4-8(5-7)6-9/h1-7H,(H,12,13);2-5H,6,9H2,1H3. The number of aromatic carboxylic acids is 1. The van der Waals surface area contributed by atoms with Gasteiger partial charge in [-0.25, -0.2) is 0 Å². The maximum Gasteiger partial charge on any atom is 0.0997 e. The second kappa shape index (κ2) is 7.38. The monoisotopic (exact) mass is 293 g/mol. The summed E-state index contributed by atoms with van der Waals surface area (Å²) in [5.41, 5.74) is 6.65. The van der Waals surface area contributed by atoms with Crippen molar-refractivity contribution in [2.75, 3.05) is 0 Å². The molecule has 0 aliphatic carbocycles. The van der Waals surface area contributed by atoms with Crippen molar-refractivity contribution in [3.8, 4) is 0 Å². The predicted molar refractivity (Wildman–Crippen MR) is 86.0 cm³/mol. The molecule has 0 fully saturated rings. The highest BCUT2D eigenvalue weighted by atomic mass is 16.4. The molecule has 3 rings (SSSR count). The van der Waals surface area contributed by atoms with E-state index < -0.39 is 5.97 Å². The molecule has 0 radical (unpaired) electrons. The minimum atomic E-state index is -1.13. The van der Waals surface area contributed by atoms with Crippen LogP contribution in [0.3, 0.4) is 0 Å². The number of carbonyl (C=O) groups is 1. The largest absolute Gasteiger partial charge is 0.545 e. The zero-order valence-electron chi connectivity index (χ0n) is 12.6. The van der Waals surface area contributed by atoms with E-state index >= 15 is 0 Å². The van der Waals surface area contributed by atoms with Crippen molar-refractivity contribution in [1.29, 1.82) is 0 Å². The van der Waals surface area contributed by atoms with E-state index in [4.69, 9.17) is 0 Å². The Morgan fingerprint density at radius 1 is 0.955 bits per heavy atom. The second-order valence-corrected chi connectivity index (χ2v) is 5.09. The van der Waals surface area contributed by atoms with Gasteiger partial charge in [-0.05, 0) is 29.3 Å². The van der Waals surface area contributed by atoms with Crippen LogP contribution in [0.15, 0.2) is 66.7 Å². The molecule has 0 aliphatic heterocycles. The summed E-state index contributed by atoms with van der Waals surface area (Å²) >= 11 is 0. The van der Waals surface area contributed by atoms with E-state index in [0.29, 0.717) is 0 Å². The zero-order chi connectivity index (χ0) is 15.9. The Kier molecular flexibility index (Phi) is 5.28. The van der Waals surface area contributed by atoms with Crippen molar-refractivity contribution in [1.82, 2.24) is 0 Å². The molecular formula is C19H19NO2. The summed E-state index contributed by atoms with van der Waals surface area (Å²) in [6.45, 7) is 2.99. The molecule has 0 spiro atoms. The first kappa shape index (κ1) is 15.7. The van der Waals surface area contributed by atoms with Crippen LogP contribution in [0.1, 0.15) is 21.5 Å². The Morgan fingerprint density at radius 3 is 2.27 bits per heavy atom. The quantitative estimate of drug-likeness (QED) is 0.784. The molecule has 0 bridgehead atoms. The summed E-state index contributed by atoms with van der Waals surface area (Å²) in [6.07, 6.45) is 0. The lowest BCUT2D eigenvalue weighted by molar-refractivity contribution is -0.386. The summed E-state index contributed by atoms with van der Waals surface area (Å²) < 4.78 is 0. The van der Waals surface area contributed by atoms with Crippen LogP contribution >= 0.6 is 0 Å². The van der Waals surface area contributed by atoms with E-state index in [9.17, 15) is 9.90 Å². The van der Waals surface area contributed by atoms with Gasteiger partial charge in [0.25, 0.3) is 0 Å². The van der Waals surface area contributed by atoms with Gasteiger partial charge < -0.3 is 15.6 Å². The normalized spacial score (nSPS) is 9.91. The number of carboxylic acid groups (broad SMARTS) is 1. The summed E-state index contributed by atoms with van der Waals surface area (Å²) in [7, 11) is 0. The molecule has 3 aromatic rings. The second-order valence-electron chi connectivity index (χ2n) is 5.09. The molecule has 3 heteroatoms. The van der Waals surface area contributed by atoms with Crippen LogP contribution in [-0.4, -0.2) is 5.97 Å². The Balaban J connectivity index is 0.000000172. The third-order valence-corrected chi connectivity index (χ3v) is 3.36. The van der Waals surface area contributed by atoms with Crippen molar-refractivity contribution in [3.63, 3.8) is 0 Å². The number of hydrogen-bond acceptors (Lipinski definition) is 2. The number of benzene rings is 3. The Morgan fingerprint density at radius 2 is 1.68 bits per heavy atom. The van der Waals surface area contributed by atoms with E-state index in [2.05, 4.69) is 36.9 Å². The van der Waals surface area contributed by atoms with Gasteiger partial charge in [0.2, 0.25) is 0 Å². The van der Waals surface area contributed by atoms with Crippen molar-refractivity contribution in [2.24, 2.45) is 0 Å². The van der Waals surface area contributed by atoms with Crippen molar-refractivity contribution < 1.29 is 15.6 Å². The molecule has 3 nitrogen and oxygen atoms in total. The number of hydrogen-bond donors (Lipinski definition) is 1. The van der Waals surface area contributed by atoms with Crippen LogP contribution in [0.5, 0.6) is 0 Å². The highest BCUT2D eigenvalue weighted by molar-refractivity contribution is 5.93. The highest BCUT2D eigenvalue weighted by Crippen LogP contribution is 2.14. The minimum Gasteiger partial charge on any atom is -0.545 e. The number of aryl methyl sites for hydroxylation is 1. The maximum absolute atomic E-state index is 10.5. The SMILES string of the molecule is Cc1cccc(C[NH3+])c1.O=C([O-])c1ccc2ccccc2c1. The van der Waals surface area contributed by atoms with Crippen molar-refractivity contribution in [2.45, 2.75) is 13.5 Å². The number of carboxylic acids is 1. The molecule has 3 N–H and O–H groups in total. The van der Waals surface area contributed by atoms with E-state index in [1.165, 1.54) is 11.1 Å². The summed E-state index contributed by atoms with van der Waals surface area (Å²) in [5, 5.41) is 12.5. The van der Waals surface area contributed by atoms with E-state index in [1.54, 1.807) is 18.2 Å². The smallest absolute Gasteiger partial charge is 0.0997 e. The molecule has 0 aromatic heterocycles. The van der Waals surface area contributed by atoms with Gasteiger partial charge in [-0.1, -0.05) is 66.2 Å². The highest BCUT2D eigenvalue weighted by Gasteiger charge is 1.95. The molecule has 0 aliphatic rings. The number of quaternary nitrogens is 1. The van der Waals surface area contributed by atoms with E-state index in [-0.39, 0.29) is 5.56 Å². The van der Waals surface area contributed by atoms with Crippen LogP contribution in [0.25, 0.3) is 10.8 Å². The average molecular weight is 293 g/mol. The van der Waals surface area contributed by atoms with Crippen LogP contribution in [0.4, 0.5) is 0 Å². The summed E-state index contributed by atoms with van der Waals surface area (Å²) in [5.74, 6) is -1.13. The first-order chi connectivity index (χ1) is 10.6. The lowest BCUT2D eigenvalue weighted by atomic mass is 10.1. The number of rotatable bonds is 2. The van der Waals surface area contributed by atoms with Gasteiger partial charge in [0, 0.05) is 5.56 Å². The van der Waals surface area contributed by atoms with Crippen LogP contribution in [0.2, 0.25) is 0 Å². The fraction of sp³-hybridized carbons (Fsp3) is 0.105. The zero-order valence-corrected chi connectivity index (χ0v) is 12.6. The fourth-order valence-electron chi connectivity index (χ4n) is 2.18. The molecule has 0 atom stereocenters. The molecule has 0 saturated carbocycles. The molecule has 22 heavy (non-hydrogen) atoms. The Hall–Kier alpha value is -2.65. The minimum absolute atomic E-state index is 0.221. The van der Waals surface area contributed by atoms with Crippen LogP contribution in [-0.2, 0) is 6.54 Å². The van der Waals surface area contributed by atoms with Gasteiger partial charge in [0.1, 0.15) is 0 Å². The molecule has 0 heterocycles. The first-order valence-electron chi connectivity index (χ1n) is 7.15. The van der Waals surface area contributed by atoms with Crippen LogP contribution in [0, 0.1) is 6.92 Å². The van der Waals surface area contributed by atoms with Gasteiger partial charge in [-0.3, -0.25) is 0 Å².